The lowest BCUT2D eigenvalue weighted by atomic mass is 9.91. The Bertz CT molecular complexity index is 961. The number of benzene rings is 2. The van der Waals surface area contributed by atoms with Gasteiger partial charge in [0, 0.05) is 29.1 Å². The number of carbonyl (C=O) groups is 2. The van der Waals surface area contributed by atoms with Gasteiger partial charge in [-0.25, -0.2) is 0 Å². The summed E-state index contributed by atoms with van der Waals surface area (Å²) >= 11 is 0. The van der Waals surface area contributed by atoms with Gasteiger partial charge in [0.25, 0.3) is 0 Å². The van der Waals surface area contributed by atoms with E-state index < -0.39 is 23.6 Å². The Morgan fingerprint density at radius 1 is 1.08 bits per heavy atom. The number of H-pyrrole nitrogens is 1. The van der Waals surface area contributed by atoms with Gasteiger partial charge in [0.05, 0.1) is 11.5 Å². The van der Waals surface area contributed by atoms with E-state index in [0.717, 1.165) is 12.1 Å². The minimum atomic E-state index is -4.54. The van der Waals surface area contributed by atoms with Gasteiger partial charge in [-0.2, -0.15) is 13.2 Å². The zero-order valence-electron chi connectivity index (χ0n) is 13.4. The van der Waals surface area contributed by atoms with Crippen molar-refractivity contribution in [2.45, 2.75) is 18.5 Å². The Morgan fingerprint density at radius 2 is 1.77 bits per heavy atom. The smallest absolute Gasteiger partial charge is 0.416 e. The first-order valence-corrected chi connectivity index (χ1v) is 7.76. The molecule has 134 valence electrons. The fraction of sp³-hybridized carbons (Fsp3) is 0.158. The number of carbonyl (C=O) groups excluding carboxylic acids is 1. The standard InChI is InChI=1S/C19H14F3NO3/c20-19(21,22)12-6-7-16-13(8-12)15(10-23-16)14(18(25)26)9-17(24)11-4-2-1-3-5-11/h1-8,10,14,23H,9H2,(H,25,26). The third kappa shape index (κ3) is 3.46. The number of aromatic amines is 1. The summed E-state index contributed by atoms with van der Waals surface area (Å²) in [6.45, 7) is 0. The van der Waals surface area contributed by atoms with Gasteiger partial charge in [-0.05, 0) is 23.8 Å². The summed E-state index contributed by atoms with van der Waals surface area (Å²) in [5.74, 6) is -2.91. The quantitative estimate of drug-likeness (QED) is 0.651. The summed E-state index contributed by atoms with van der Waals surface area (Å²) in [4.78, 5) is 26.8. The number of carboxylic acid groups (broad SMARTS) is 1. The molecule has 0 amide bonds. The maximum atomic E-state index is 13.0. The molecule has 0 bridgehead atoms. The highest BCUT2D eigenvalue weighted by molar-refractivity contribution is 6.00. The van der Waals surface area contributed by atoms with Crippen LogP contribution < -0.4 is 0 Å². The van der Waals surface area contributed by atoms with Crippen LogP contribution in [0.4, 0.5) is 13.2 Å². The molecule has 1 heterocycles. The number of aliphatic carboxylic acids is 1. The number of hydrogen-bond acceptors (Lipinski definition) is 2. The number of rotatable bonds is 5. The zero-order valence-corrected chi connectivity index (χ0v) is 13.4. The Balaban J connectivity index is 2.00. The van der Waals surface area contributed by atoms with Crippen molar-refractivity contribution in [1.29, 1.82) is 0 Å². The van der Waals surface area contributed by atoms with Crippen LogP contribution in [0, 0.1) is 0 Å². The van der Waals surface area contributed by atoms with E-state index >= 15 is 0 Å². The Morgan fingerprint density at radius 3 is 2.38 bits per heavy atom. The number of aromatic nitrogens is 1. The minimum Gasteiger partial charge on any atom is -0.481 e. The van der Waals surface area contributed by atoms with E-state index in [-0.39, 0.29) is 23.2 Å². The summed E-state index contributed by atoms with van der Waals surface area (Å²) in [6, 6.07) is 11.3. The molecule has 3 rings (SSSR count). The molecule has 0 aliphatic carbocycles. The highest BCUT2D eigenvalue weighted by atomic mass is 19.4. The van der Waals surface area contributed by atoms with Crippen LogP contribution in [-0.4, -0.2) is 21.8 Å². The molecule has 0 spiro atoms. The van der Waals surface area contributed by atoms with Crippen molar-refractivity contribution in [2.24, 2.45) is 0 Å². The lowest BCUT2D eigenvalue weighted by Gasteiger charge is -2.12. The second kappa shape index (κ2) is 6.67. The first kappa shape index (κ1) is 17.7. The average Bonchev–Trinajstić information content (AvgIpc) is 3.02. The van der Waals surface area contributed by atoms with Crippen LogP contribution >= 0.6 is 0 Å². The molecule has 2 aromatic carbocycles. The molecule has 26 heavy (non-hydrogen) atoms. The van der Waals surface area contributed by atoms with Crippen LogP contribution in [-0.2, 0) is 11.0 Å². The topological polar surface area (TPSA) is 70.2 Å². The lowest BCUT2D eigenvalue weighted by Crippen LogP contribution is -2.16. The maximum Gasteiger partial charge on any atom is 0.416 e. The third-order valence-corrected chi connectivity index (χ3v) is 4.20. The number of ketones is 1. The number of nitrogens with one attached hydrogen (secondary N) is 1. The highest BCUT2D eigenvalue weighted by Crippen LogP contribution is 2.35. The number of fused-ring (bicyclic) bond motifs is 1. The Labute approximate surface area is 146 Å². The number of Topliss-reactive ketones (excluding diaryl/α,β-unsaturated/α-hetero) is 1. The molecule has 0 saturated heterocycles. The van der Waals surface area contributed by atoms with Crippen molar-refractivity contribution in [3.05, 3.63) is 71.4 Å². The van der Waals surface area contributed by atoms with E-state index in [1.54, 1.807) is 30.3 Å². The van der Waals surface area contributed by atoms with Gasteiger partial charge in [-0.3, -0.25) is 9.59 Å². The molecule has 4 nitrogen and oxygen atoms in total. The molecule has 0 aliphatic rings. The van der Waals surface area contributed by atoms with Crippen molar-refractivity contribution >= 4 is 22.7 Å². The lowest BCUT2D eigenvalue weighted by molar-refractivity contribution is -0.139. The van der Waals surface area contributed by atoms with Gasteiger partial charge in [0.1, 0.15) is 0 Å². The maximum absolute atomic E-state index is 13.0. The van der Waals surface area contributed by atoms with Crippen LogP contribution in [0.15, 0.2) is 54.7 Å². The highest BCUT2D eigenvalue weighted by Gasteiger charge is 2.32. The molecule has 2 N–H and O–H groups in total. The number of halogens is 3. The van der Waals surface area contributed by atoms with Crippen molar-refractivity contribution in [3.63, 3.8) is 0 Å². The van der Waals surface area contributed by atoms with E-state index in [1.807, 2.05) is 0 Å². The molecule has 3 aromatic rings. The van der Waals surface area contributed by atoms with Gasteiger partial charge in [0.2, 0.25) is 0 Å². The summed E-state index contributed by atoms with van der Waals surface area (Å²) in [7, 11) is 0. The van der Waals surface area contributed by atoms with Gasteiger partial charge in [-0.15, -0.1) is 0 Å². The van der Waals surface area contributed by atoms with Gasteiger partial charge >= 0.3 is 12.1 Å². The van der Waals surface area contributed by atoms with E-state index in [4.69, 9.17) is 0 Å². The molecule has 0 aliphatic heterocycles. The van der Waals surface area contributed by atoms with Crippen LogP contribution in [0.3, 0.4) is 0 Å². The van der Waals surface area contributed by atoms with Gasteiger partial charge in [0.15, 0.2) is 5.78 Å². The molecule has 0 radical (unpaired) electrons. The van der Waals surface area contributed by atoms with E-state index in [9.17, 15) is 27.9 Å². The SMILES string of the molecule is O=C(CC(C(=O)O)c1c[nH]c2ccc(C(F)(F)F)cc12)c1ccccc1. The zero-order chi connectivity index (χ0) is 18.9. The van der Waals surface area contributed by atoms with E-state index in [0.29, 0.717) is 11.1 Å². The molecule has 1 unspecified atom stereocenters. The second-order valence-corrected chi connectivity index (χ2v) is 5.89. The first-order valence-electron chi connectivity index (χ1n) is 7.76. The monoisotopic (exact) mass is 361 g/mol. The fourth-order valence-electron chi connectivity index (χ4n) is 2.86. The van der Waals surface area contributed by atoms with Crippen LogP contribution in [0.1, 0.15) is 33.8 Å². The van der Waals surface area contributed by atoms with E-state index in [2.05, 4.69) is 4.98 Å². The predicted molar refractivity (Wildman–Crippen MR) is 89.1 cm³/mol. The summed E-state index contributed by atoms with van der Waals surface area (Å²) in [5, 5.41) is 9.69. The molecule has 0 saturated carbocycles. The summed E-state index contributed by atoms with van der Waals surface area (Å²) in [5.41, 5.74) is 0.0215. The molecule has 0 fully saturated rings. The number of carboxylic acids is 1. The van der Waals surface area contributed by atoms with Crippen molar-refractivity contribution < 1.29 is 27.9 Å². The van der Waals surface area contributed by atoms with Crippen molar-refractivity contribution in [1.82, 2.24) is 4.98 Å². The van der Waals surface area contributed by atoms with Gasteiger partial charge < -0.3 is 10.1 Å². The Hall–Kier alpha value is -3.09. The third-order valence-electron chi connectivity index (χ3n) is 4.20. The van der Waals surface area contributed by atoms with Gasteiger partial charge in [-0.1, -0.05) is 30.3 Å². The van der Waals surface area contributed by atoms with E-state index in [1.165, 1.54) is 12.3 Å². The predicted octanol–water partition coefficient (Wildman–Crippen LogP) is 4.63. The number of alkyl halides is 3. The Kier molecular flexibility index (Phi) is 4.54. The molecular formula is C19H14F3NO3. The molecule has 1 atom stereocenters. The second-order valence-electron chi connectivity index (χ2n) is 5.89. The fourth-order valence-corrected chi connectivity index (χ4v) is 2.86. The van der Waals surface area contributed by atoms with Crippen LogP contribution in [0.25, 0.3) is 10.9 Å². The molecule has 1 aromatic heterocycles. The molecule has 7 heteroatoms. The molecular weight excluding hydrogens is 347 g/mol. The summed E-state index contributed by atoms with van der Waals surface area (Å²) < 4.78 is 38.9. The van der Waals surface area contributed by atoms with Crippen LogP contribution in [0.5, 0.6) is 0 Å². The van der Waals surface area contributed by atoms with Crippen molar-refractivity contribution in [3.8, 4) is 0 Å². The first-order chi connectivity index (χ1) is 12.3. The minimum absolute atomic E-state index is 0.146. The number of hydrogen-bond donors (Lipinski definition) is 2. The largest absolute Gasteiger partial charge is 0.481 e. The van der Waals surface area contributed by atoms with Crippen molar-refractivity contribution in [2.75, 3.05) is 0 Å². The van der Waals surface area contributed by atoms with Crippen LogP contribution in [0.2, 0.25) is 0 Å². The summed E-state index contributed by atoms with van der Waals surface area (Å²) in [6.07, 6.45) is -3.54. The normalized spacial score (nSPS) is 12.9. The average molecular weight is 361 g/mol.